The summed E-state index contributed by atoms with van der Waals surface area (Å²) in [7, 11) is 0. The maximum Gasteiger partial charge on any atom is 0.239 e. The molecule has 1 aromatic rings. The predicted octanol–water partition coefficient (Wildman–Crippen LogP) is -0.306. The number of nitrogens with zero attached hydrogens (tertiary/aromatic N) is 2. The Balaban J connectivity index is 2.17. The molecule has 1 amide bonds. The molecular weight excluding hydrogens is 206 g/mol. The van der Waals surface area contributed by atoms with Crippen LogP contribution < -0.4 is 21.5 Å². The van der Waals surface area contributed by atoms with E-state index in [1.165, 1.54) is 0 Å². The minimum Gasteiger partial charge on any atom is -0.362 e. The van der Waals surface area contributed by atoms with Crippen molar-refractivity contribution in [2.24, 2.45) is 5.84 Å². The van der Waals surface area contributed by atoms with Gasteiger partial charge in [0, 0.05) is 31.0 Å². The number of hydrogen-bond acceptors (Lipinski definition) is 5. The topological polar surface area (TPSA) is 83.3 Å². The number of aromatic nitrogens is 1. The Morgan fingerprint density at radius 3 is 3.25 bits per heavy atom. The largest absolute Gasteiger partial charge is 0.362 e. The molecule has 0 spiro atoms. The van der Waals surface area contributed by atoms with Crippen LogP contribution in [0.25, 0.3) is 0 Å². The SMILES string of the molecule is NNc1cc(N2CCCNC(=O)C2)ccn1. The lowest BCUT2D eigenvalue weighted by Crippen LogP contribution is -2.33. The first kappa shape index (κ1) is 10.7. The van der Waals surface area contributed by atoms with Crippen molar-refractivity contribution >= 4 is 17.4 Å². The molecule has 0 unspecified atom stereocenters. The van der Waals surface area contributed by atoms with Crippen LogP contribution in [0.4, 0.5) is 11.5 Å². The van der Waals surface area contributed by atoms with E-state index in [-0.39, 0.29) is 5.91 Å². The molecule has 1 aromatic heterocycles. The van der Waals surface area contributed by atoms with Crippen LogP contribution in [-0.4, -0.2) is 30.5 Å². The summed E-state index contributed by atoms with van der Waals surface area (Å²) in [5.74, 6) is 5.95. The molecule has 1 aliphatic rings. The van der Waals surface area contributed by atoms with Crippen LogP contribution in [-0.2, 0) is 4.79 Å². The number of rotatable bonds is 2. The van der Waals surface area contributed by atoms with Crippen LogP contribution >= 0.6 is 0 Å². The van der Waals surface area contributed by atoms with E-state index >= 15 is 0 Å². The van der Waals surface area contributed by atoms with Crippen LogP contribution in [0.15, 0.2) is 18.3 Å². The highest BCUT2D eigenvalue weighted by atomic mass is 16.2. The van der Waals surface area contributed by atoms with Gasteiger partial charge in [0.25, 0.3) is 0 Å². The molecule has 16 heavy (non-hydrogen) atoms. The molecule has 86 valence electrons. The van der Waals surface area contributed by atoms with E-state index in [4.69, 9.17) is 5.84 Å². The third-order valence-electron chi connectivity index (χ3n) is 2.52. The number of hydrazine groups is 1. The Bertz CT molecular complexity index is 381. The summed E-state index contributed by atoms with van der Waals surface area (Å²) in [6.45, 7) is 1.98. The van der Waals surface area contributed by atoms with Crippen molar-refractivity contribution in [3.8, 4) is 0 Å². The molecule has 0 saturated carbocycles. The van der Waals surface area contributed by atoms with Gasteiger partial charge in [-0.1, -0.05) is 0 Å². The second kappa shape index (κ2) is 4.80. The zero-order chi connectivity index (χ0) is 11.4. The molecule has 0 atom stereocenters. The predicted molar refractivity (Wildman–Crippen MR) is 61.9 cm³/mol. The van der Waals surface area contributed by atoms with E-state index in [9.17, 15) is 4.79 Å². The standard InChI is InChI=1S/C10H15N5O/c11-14-9-6-8(2-4-12-9)15-5-1-3-13-10(16)7-15/h2,4,6H,1,3,5,7,11H2,(H,12,14)(H,13,16). The third kappa shape index (κ3) is 2.40. The molecule has 2 heterocycles. The molecular formula is C10H15N5O. The summed E-state index contributed by atoms with van der Waals surface area (Å²) >= 11 is 0. The van der Waals surface area contributed by atoms with Crippen molar-refractivity contribution < 1.29 is 4.79 Å². The number of anilines is 2. The van der Waals surface area contributed by atoms with Gasteiger partial charge in [0.1, 0.15) is 5.82 Å². The van der Waals surface area contributed by atoms with Crippen molar-refractivity contribution in [3.05, 3.63) is 18.3 Å². The number of nitrogens with two attached hydrogens (primary N) is 1. The zero-order valence-electron chi connectivity index (χ0n) is 8.94. The lowest BCUT2D eigenvalue weighted by Gasteiger charge is -2.21. The average Bonchev–Trinajstić information content (AvgIpc) is 2.54. The molecule has 4 N–H and O–H groups in total. The summed E-state index contributed by atoms with van der Waals surface area (Å²) < 4.78 is 0. The summed E-state index contributed by atoms with van der Waals surface area (Å²) in [6.07, 6.45) is 2.62. The van der Waals surface area contributed by atoms with E-state index in [1.54, 1.807) is 6.20 Å². The molecule has 2 rings (SSSR count). The van der Waals surface area contributed by atoms with Crippen LogP contribution in [0.2, 0.25) is 0 Å². The molecule has 0 bridgehead atoms. The molecule has 1 fully saturated rings. The fraction of sp³-hybridized carbons (Fsp3) is 0.400. The zero-order valence-corrected chi connectivity index (χ0v) is 8.94. The van der Waals surface area contributed by atoms with Crippen molar-refractivity contribution in [1.29, 1.82) is 0 Å². The first-order valence-electron chi connectivity index (χ1n) is 5.24. The second-order valence-corrected chi connectivity index (χ2v) is 3.67. The lowest BCUT2D eigenvalue weighted by molar-refractivity contribution is -0.119. The van der Waals surface area contributed by atoms with Gasteiger partial charge in [-0.25, -0.2) is 10.8 Å². The minimum absolute atomic E-state index is 0.0524. The van der Waals surface area contributed by atoms with Crippen LogP contribution in [0, 0.1) is 0 Å². The van der Waals surface area contributed by atoms with Crippen molar-refractivity contribution in [3.63, 3.8) is 0 Å². The number of hydrogen-bond donors (Lipinski definition) is 3. The molecule has 0 radical (unpaired) electrons. The first-order valence-corrected chi connectivity index (χ1v) is 5.24. The van der Waals surface area contributed by atoms with Gasteiger partial charge in [-0.05, 0) is 12.5 Å². The molecule has 0 aromatic carbocycles. The van der Waals surface area contributed by atoms with Crippen LogP contribution in [0.1, 0.15) is 6.42 Å². The molecule has 1 saturated heterocycles. The Morgan fingerprint density at radius 2 is 2.44 bits per heavy atom. The van der Waals surface area contributed by atoms with Gasteiger partial charge in [-0.3, -0.25) is 4.79 Å². The number of amides is 1. The van der Waals surface area contributed by atoms with E-state index in [0.29, 0.717) is 12.4 Å². The van der Waals surface area contributed by atoms with Crippen molar-refractivity contribution in [2.75, 3.05) is 30.0 Å². The molecule has 6 heteroatoms. The normalized spacial score (nSPS) is 16.6. The fourth-order valence-corrected chi connectivity index (χ4v) is 1.72. The van der Waals surface area contributed by atoms with E-state index in [0.717, 1.165) is 25.2 Å². The smallest absolute Gasteiger partial charge is 0.239 e. The molecule has 1 aliphatic heterocycles. The summed E-state index contributed by atoms with van der Waals surface area (Å²) in [4.78, 5) is 17.5. The van der Waals surface area contributed by atoms with Gasteiger partial charge in [0.15, 0.2) is 0 Å². The molecule has 6 nitrogen and oxygen atoms in total. The summed E-state index contributed by atoms with van der Waals surface area (Å²) in [6, 6.07) is 3.71. The van der Waals surface area contributed by atoms with Gasteiger partial charge in [-0.15, -0.1) is 0 Å². The van der Waals surface area contributed by atoms with Crippen molar-refractivity contribution in [2.45, 2.75) is 6.42 Å². The van der Waals surface area contributed by atoms with Gasteiger partial charge in [0.2, 0.25) is 5.91 Å². The van der Waals surface area contributed by atoms with Crippen LogP contribution in [0.3, 0.4) is 0 Å². The number of pyridine rings is 1. The average molecular weight is 221 g/mol. The maximum absolute atomic E-state index is 11.4. The first-order chi connectivity index (χ1) is 7.79. The second-order valence-electron chi connectivity index (χ2n) is 3.67. The highest BCUT2D eigenvalue weighted by Gasteiger charge is 2.15. The Kier molecular flexibility index (Phi) is 3.21. The Hall–Kier alpha value is -1.82. The number of carbonyl (C=O) groups is 1. The fourth-order valence-electron chi connectivity index (χ4n) is 1.72. The van der Waals surface area contributed by atoms with Gasteiger partial charge in [-0.2, -0.15) is 0 Å². The van der Waals surface area contributed by atoms with Gasteiger partial charge in [0.05, 0.1) is 6.54 Å². The van der Waals surface area contributed by atoms with Crippen molar-refractivity contribution in [1.82, 2.24) is 10.3 Å². The highest BCUT2D eigenvalue weighted by Crippen LogP contribution is 2.17. The Labute approximate surface area is 93.8 Å². The van der Waals surface area contributed by atoms with Crippen LogP contribution in [0.5, 0.6) is 0 Å². The summed E-state index contributed by atoms with van der Waals surface area (Å²) in [5, 5.41) is 2.84. The quantitative estimate of drug-likeness (QED) is 0.471. The van der Waals surface area contributed by atoms with E-state index < -0.39 is 0 Å². The van der Waals surface area contributed by atoms with Gasteiger partial charge < -0.3 is 15.6 Å². The summed E-state index contributed by atoms with van der Waals surface area (Å²) in [5.41, 5.74) is 3.45. The monoisotopic (exact) mass is 221 g/mol. The minimum atomic E-state index is 0.0524. The maximum atomic E-state index is 11.4. The number of nitrogen functional groups attached to an aromatic ring is 1. The van der Waals surface area contributed by atoms with E-state index in [1.807, 2.05) is 17.0 Å². The Morgan fingerprint density at radius 1 is 1.56 bits per heavy atom. The molecule has 0 aliphatic carbocycles. The lowest BCUT2D eigenvalue weighted by atomic mass is 10.3. The third-order valence-corrected chi connectivity index (χ3v) is 2.52. The number of carbonyl (C=O) groups excluding carboxylic acids is 1. The number of nitrogens with one attached hydrogen (secondary N) is 2. The van der Waals surface area contributed by atoms with E-state index in [2.05, 4.69) is 15.7 Å². The van der Waals surface area contributed by atoms with Gasteiger partial charge >= 0.3 is 0 Å². The highest BCUT2D eigenvalue weighted by molar-refractivity contribution is 5.81.